The van der Waals surface area contributed by atoms with Crippen LogP contribution < -0.4 is 0 Å². The Balaban J connectivity index is 1.65. The van der Waals surface area contributed by atoms with Gasteiger partial charge in [-0.2, -0.15) is 13.2 Å². The predicted molar refractivity (Wildman–Crippen MR) is 184 cm³/mol. The Morgan fingerprint density at radius 2 is 0.771 bits per heavy atom. The second-order valence-electron chi connectivity index (χ2n) is 12.7. The van der Waals surface area contributed by atoms with Crippen molar-refractivity contribution in [3.8, 4) is 22.5 Å². The van der Waals surface area contributed by atoms with Gasteiger partial charge in [-0.3, -0.25) is 0 Å². The van der Waals surface area contributed by atoms with Gasteiger partial charge in [0.1, 0.15) is 11.6 Å². The number of hydrogen-bond donors (Lipinski definition) is 0. The molecule has 0 aliphatic rings. The average Bonchev–Trinajstić information content (AvgIpc) is 3.51. The van der Waals surface area contributed by atoms with E-state index in [1.54, 1.807) is 9.13 Å². The fourth-order valence-corrected chi connectivity index (χ4v) is 7.14. The maximum atomic E-state index is 16.1. The summed E-state index contributed by atoms with van der Waals surface area (Å²) in [7, 11) is 0. The number of halogens is 5. The Morgan fingerprint density at radius 3 is 1.08 bits per heavy atom. The van der Waals surface area contributed by atoms with E-state index in [-0.39, 0.29) is 16.9 Å². The third kappa shape index (κ3) is 4.52. The molecule has 0 spiro atoms. The van der Waals surface area contributed by atoms with Crippen molar-refractivity contribution in [2.24, 2.45) is 0 Å². The van der Waals surface area contributed by atoms with Crippen LogP contribution >= 0.6 is 0 Å². The summed E-state index contributed by atoms with van der Waals surface area (Å²) in [5, 5.41) is 3.32. The van der Waals surface area contributed by atoms with E-state index < -0.39 is 28.9 Å². The van der Waals surface area contributed by atoms with Crippen molar-refractivity contribution in [2.75, 3.05) is 0 Å². The van der Waals surface area contributed by atoms with Crippen molar-refractivity contribution in [3.63, 3.8) is 0 Å². The van der Waals surface area contributed by atoms with E-state index in [2.05, 4.69) is 0 Å². The second kappa shape index (κ2) is 10.5. The van der Waals surface area contributed by atoms with Crippen molar-refractivity contribution in [1.29, 1.82) is 0 Å². The highest BCUT2D eigenvalue weighted by atomic mass is 19.4. The molecule has 0 unspecified atom stereocenters. The Morgan fingerprint density at radius 1 is 0.438 bits per heavy atom. The number of aromatic nitrogens is 2. The minimum Gasteiger partial charge on any atom is -0.309 e. The molecule has 8 aromatic rings. The molecule has 2 nitrogen and oxygen atoms in total. The van der Waals surface area contributed by atoms with Crippen LogP contribution in [-0.4, -0.2) is 9.13 Å². The number of fused-ring (bicyclic) bond motifs is 6. The largest absolute Gasteiger partial charge is 0.416 e. The highest BCUT2D eigenvalue weighted by Crippen LogP contribution is 2.46. The van der Waals surface area contributed by atoms with E-state index >= 15 is 22.0 Å². The Bertz CT molecular complexity index is 2330. The standard InChI is InChI=1S/C41H29F5N2/c1-22-8-12-33-27(16-22)28-17-23(2)9-13-34(28)47(33)37-20-26(41(44,45)46)21-38(40(37)39-31(42)6-5-7-32(39)43)48-35-14-10-24(3)18-29(35)30-19-25(4)11-15-36(30)48/h5-21H,1-4H3. The molecule has 0 aliphatic carbocycles. The molecule has 2 aromatic heterocycles. The zero-order valence-corrected chi connectivity index (χ0v) is 26.6. The molecule has 0 saturated carbocycles. The molecule has 0 saturated heterocycles. The van der Waals surface area contributed by atoms with Gasteiger partial charge in [0.25, 0.3) is 0 Å². The lowest BCUT2D eigenvalue weighted by atomic mass is 9.96. The van der Waals surface area contributed by atoms with Gasteiger partial charge >= 0.3 is 6.18 Å². The molecule has 0 N–H and O–H groups in total. The molecule has 48 heavy (non-hydrogen) atoms. The number of benzene rings is 6. The summed E-state index contributed by atoms with van der Waals surface area (Å²) in [6.07, 6.45) is -4.77. The summed E-state index contributed by atoms with van der Waals surface area (Å²) in [5.41, 5.74) is 5.11. The lowest BCUT2D eigenvalue weighted by Gasteiger charge is -2.23. The van der Waals surface area contributed by atoms with E-state index in [4.69, 9.17) is 0 Å². The Kier molecular flexibility index (Phi) is 6.57. The molecule has 0 amide bonds. The maximum absolute atomic E-state index is 16.1. The highest BCUT2D eigenvalue weighted by molar-refractivity contribution is 6.12. The van der Waals surface area contributed by atoms with Crippen LogP contribution in [0.25, 0.3) is 66.1 Å². The second-order valence-corrected chi connectivity index (χ2v) is 12.7. The number of hydrogen-bond acceptors (Lipinski definition) is 0. The molecule has 0 fully saturated rings. The van der Waals surface area contributed by atoms with Gasteiger partial charge in [0.2, 0.25) is 0 Å². The van der Waals surface area contributed by atoms with E-state index in [0.29, 0.717) is 22.1 Å². The van der Waals surface area contributed by atoms with Crippen molar-refractivity contribution in [3.05, 3.63) is 143 Å². The third-order valence-corrected chi connectivity index (χ3v) is 9.27. The van der Waals surface area contributed by atoms with Crippen molar-refractivity contribution < 1.29 is 22.0 Å². The van der Waals surface area contributed by atoms with Crippen molar-refractivity contribution in [1.82, 2.24) is 9.13 Å². The number of rotatable bonds is 3. The van der Waals surface area contributed by atoms with E-state index in [9.17, 15) is 0 Å². The Labute approximate surface area is 273 Å². The van der Waals surface area contributed by atoms with E-state index in [1.165, 1.54) is 6.07 Å². The number of nitrogens with zero attached hydrogens (tertiary/aromatic N) is 2. The lowest BCUT2D eigenvalue weighted by Crippen LogP contribution is -2.12. The van der Waals surface area contributed by atoms with Crippen LogP contribution in [0.4, 0.5) is 22.0 Å². The summed E-state index contributed by atoms with van der Waals surface area (Å²) >= 11 is 0. The van der Waals surface area contributed by atoms with E-state index in [0.717, 1.165) is 68.1 Å². The van der Waals surface area contributed by atoms with Gasteiger partial charge < -0.3 is 9.13 Å². The summed E-state index contributed by atoms with van der Waals surface area (Å²) in [4.78, 5) is 0. The maximum Gasteiger partial charge on any atom is 0.416 e. The average molecular weight is 645 g/mol. The summed E-state index contributed by atoms with van der Waals surface area (Å²) in [5.74, 6) is -1.76. The van der Waals surface area contributed by atoms with Gasteiger partial charge in [-0.15, -0.1) is 0 Å². The molecular weight excluding hydrogens is 615 g/mol. The quantitative estimate of drug-likeness (QED) is 0.169. The lowest BCUT2D eigenvalue weighted by molar-refractivity contribution is -0.137. The van der Waals surface area contributed by atoms with Crippen molar-refractivity contribution >= 4 is 43.6 Å². The van der Waals surface area contributed by atoms with Crippen LogP contribution in [0.5, 0.6) is 0 Å². The normalized spacial score (nSPS) is 12.3. The van der Waals surface area contributed by atoms with Gasteiger partial charge in [0.05, 0.1) is 44.6 Å². The molecule has 6 aromatic carbocycles. The molecule has 0 atom stereocenters. The van der Waals surface area contributed by atoms with Gasteiger partial charge in [-0.25, -0.2) is 8.78 Å². The van der Waals surface area contributed by atoms with Gasteiger partial charge in [0, 0.05) is 27.1 Å². The molecule has 2 heterocycles. The molecule has 238 valence electrons. The molecule has 0 aliphatic heterocycles. The molecule has 7 heteroatoms. The van der Waals surface area contributed by atoms with Crippen LogP contribution in [0.2, 0.25) is 0 Å². The summed E-state index contributed by atoms with van der Waals surface area (Å²) in [6, 6.07) is 28.5. The smallest absolute Gasteiger partial charge is 0.309 e. The van der Waals surface area contributed by atoms with Crippen LogP contribution in [-0.2, 0) is 6.18 Å². The fraction of sp³-hybridized carbons (Fsp3) is 0.122. The monoisotopic (exact) mass is 644 g/mol. The Hall–Kier alpha value is -5.43. The van der Waals surface area contributed by atoms with Crippen LogP contribution in [0.15, 0.2) is 103 Å². The zero-order valence-electron chi connectivity index (χ0n) is 26.6. The van der Waals surface area contributed by atoms with Crippen LogP contribution in [0.3, 0.4) is 0 Å². The first-order valence-electron chi connectivity index (χ1n) is 15.6. The van der Waals surface area contributed by atoms with Gasteiger partial charge in [0.15, 0.2) is 0 Å². The first kappa shape index (κ1) is 29.9. The third-order valence-electron chi connectivity index (χ3n) is 9.27. The summed E-state index contributed by atoms with van der Waals surface area (Å²) in [6.45, 7) is 7.80. The zero-order chi connectivity index (χ0) is 33.6. The van der Waals surface area contributed by atoms with Gasteiger partial charge in [-0.1, -0.05) is 52.6 Å². The SMILES string of the molecule is Cc1ccc2c(c1)c1cc(C)ccc1n2-c1cc(C(F)(F)F)cc(-n2c3ccc(C)cc3c3cc(C)ccc32)c1-c1c(F)cccc1F. The van der Waals surface area contributed by atoms with E-state index in [1.807, 2.05) is 100 Å². The minimum absolute atomic E-state index is 0.0125. The first-order chi connectivity index (χ1) is 22.9. The molecule has 0 radical (unpaired) electrons. The van der Waals surface area contributed by atoms with Gasteiger partial charge in [-0.05, 0) is 100 Å². The molecular formula is C41H29F5N2. The fourth-order valence-electron chi connectivity index (χ4n) is 7.14. The highest BCUT2D eigenvalue weighted by Gasteiger charge is 2.35. The topological polar surface area (TPSA) is 9.86 Å². The predicted octanol–water partition coefficient (Wildman–Crippen LogP) is 12.1. The first-order valence-corrected chi connectivity index (χ1v) is 15.6. The molecule has 0 bridgehead atoms. The van der Waals surface area contributed by atoms with Crippen molar-refractivity contribution in [2.45, 2.75) is 33.9 Å². The minimum atomic E-state index is -4.77. The number of aryl methyl sites for hydroxylation is 4. The summed E-state index contributed by atoms with van der Waals surface area (Å²) < 4.78 is 80.7. The number of alkyl halides is 3. The molecule has 8 rings (SSSR count). The van der Waals surface area contributed by atoms with Crippen LogP contribution in [0.1, 0.15) is 27.8 Å². The van der Waals surface area contributed by atoms with Crippen LogP contribution in [0, 0.1) is 39.3 Å².